The fourth-order valence-corrected chi connectivity index (χ4v) is 3.21. The number of anilines is 2. The first-order valence-electron chi connectivity index (χ1n) is 10.0. The van der Waals surface area contributed by atoms with E-state index in [0.29, 0.717) is 12.1 Å². The van der Waals surface area contributed by atoms with Gasteiger partial charge in [0, 0.05) is 28.7 Å². The van der Waals surface area contributed by atoms with E-state index in [4.69, 9.17) is 4.74 Å². The number of ether oxygens (including phenoxy) is 1. The van der Waals surface area contributed by atoms with E-state index in [1.54, 1.807) is 12.1 Å². The van der Waals surface area contributed by atoms with Crippen LogP contribution in [0.15, 0.2) is 46.9 Å². The van der Waals surface area contributed by atoms with E-state index in [0.717, 1.165) is 34.1 Å². The summed E-state index contributed by atoms with van der Waals surface area (Å²) in [5.74, 6) is -1.04. The van der Waals surface area contributed by atoms with Crippen LogP contribution in [0.2, 0.25) is 0 Å². The number of benzene rings is 2. The monoisotopic (exact) mass is 474 g/mol. The number of carbonyl (C=O) groups is 3. The van der Waals surface area contributed by atoms with Gasteiger partial charge >= 0.3 is 5.97 Å². The Bertz CT molecular complexity index is 859. The summed E-state index contributed by atoms with van der Waals surface area (Å²) in [6, 6.07) is 13.2. The van der Waals surface area contributed by atoms with Gasteiger partial charge in [-0.2, -0.15) is 0 Å². The maximum Gasteiger partial charge on any atom is 0.306 e. The molecule has 0 aromatic heterocycles. The molecule has 30 heavy (non-hydrogen) atoms. The van der Waals surface area contributed by atoms with Gasteiger partial charge in [-0.3, -0.25) is 14.4 Å². The summed E-state index contributed by atoms with van der Waals surface area (Å²) in [7, 11) is 0. The molecule has 2 N–H and O–H groups in total. The van der Waals surface area contributed by atoms with E-state index in [1.165, 1.54) is 0 Å². The maximum atomic E-state index is 12.2. The highest BCUT2D eigenvalue weighted by Gasteiger charge is 2.13. The minimum absolute atomic E-state index is 0.0762. The first kappa shape index (κ1) is 23.6. The first-order valence-corrected chi connectivity index (χ1v) is 10.8. The van der Waals surface area contributed by atoms with Gasteiger partial charge in [0.2, 0.25) is 5.91 Å². The van der Waals surface area contributed by atoms with Crippen LogP contribution in [-0.2, 0) is 32.0 Å². The third-order valence-corrected chi connectivity index (χ3v) is 5.07. The first-order chi connectivity index (χ1) is 14.4. The molecule has 0 heterocycles. The largest absolute Gasteiger partial charge is 0.456 e. The van der Waals surface area contributed by atoms with Gasteiger partial charge in [0.25, 0.3) is 5.91 Å². The molecule has 2 aromatic rings. The summed E-state index contributed by atoms with van der Waals surface area (Å²) in [6.07, 6.45) is 2.21. The van der Waals surface area contributed by atoms with Crippen LogP contribution in [0.5, 0.6) is 0 Å². The Kier molecular flexibility index (Phi) is 9.54. The van der Waals surface area contributed by atoms with Crippen LogP contribution in [0, 0.1) is 0 Å². The Labute approximate surface area is 185 Å². The molecule has 0 bridgehead atoms. The van der Waals surface area contributed by atoms with Gasteiger partial charge < -0.3 is 15.4 Å². The normalized spacial score (nSPS) is 10.4. The number of rotatable bonds is 10. The lowest BCUT2D eigenvalue weighted by molar-refractivity contribution is -0.147. The predicted octanol–water partition coefficient (Wildman–Crippen LogP) is 4.86. The Morgan fingerprint density at radius 3 is 2.10 bits per heavy atom. The third-order valence-electron chi connectivity index (χ3n) is 4.54. The molecule has 160 valence electrons. The molecule has 0 aliphatic heterocycles. The van der Waals surface area contributed by atoms with Crippen LogP contribution in [0.1, 0.15) is 44.2 Å². The van der Waals surface area contributed by atoms with Crippen LogP contribution in [0.25, 0.3) is 0 Å². The molecule has 7 heteroatoms. The molecular weight excluding hydrogens is 448 g/mol. The molecule has 0 aliphatic carbocycles. The minimum atomic E-state index is -0.499. The second-order valence-electron chi connectivity index (χ2n) is 6.78. The molecule has 0 radical (unpaired) electrons. The second kappa shape index (κ2) is 12.1. The molecule has 0 aliphatic rings. The van der Waals surface area contributed by atoms with Crippen molar-refractivity contribution in [1.29, 1.82) is 0 Å². The van der Waals surface area contributed by atoms with Crippen molar-refractivity contribution in [3.05, 3.63) is 58.1 Å². The number of amides is 2. The highest BCUT2D eigenvalue weighted by atomic mass is 79.9. The van der Waals surface area contributed by atoms with Crippen molar-refractivity contribution in [2.45, 2.75) is 46.0 Å². The lowest BCUT2D eigenvalue weighted by Gasteiger charge is -2.14. The molecule has 0 spiro atoms. The zero-order valence-corrected chi connectivity index (χ0v) is 18.9. The van der Waals surface area contributed by atoms with Crippen molar-refractivity contribution in [2.24, 2.45) is 0 Å². The second-order valence-corrected chi connectivity index (χ2v) is 7.69. The van der Waals surface area contributed by atoms with Crippen LogP contribution >= 0.6 is 15.9 Å². The van der Waals surface area contributed by atoms with Crippen molar-refractivity contribution in [3.8, 4) is 0 Å². The molecule has 2 rings (SSSR count). The standard InChI is InChI=1S/C23H27BrN2O4/c1-3-16-7-5-8-17(4-2)23(16)26-21(28)15-30-22(29)10-6-9-20(27)25-19-13-11-18(24)12-14-19/h5,7-8,11-14H,3-4,6,9-10,15H2,1-2H3,(H,25,27)(H,26,28). The molecule has 0 fully saturated rings. The molecule has 0 atom stereocenters. The van der Waals surface area contributed by atoms with Gasteiger partial charge in [-0.05, 0) is 54.7 Å². The molecule has 6 nitrogen and oxygen atoms in total. The average molecular weight is 475 g/mol. The third kappa shape index (κ3) is 7.63. The SMILES string of the molecule is CCc1cccc(CC)c1NC(=O)COC(=O)CCCC(=O)Nc1ccc(Br)cc1. The van der Waals surface area contributed by atoms with E-state index in [1.807, 2.05) is 44.2 Å². The predicted molar refractivity (Wildman–Crippen MR) is 121 cm³/mol. The van der Waals surface area contributed by atoms with E-state index >= 15 is 0 Å². The number of esters is 1. The number of halogens is 1. The van der Waals surface area contributed by atoms with Crippen molar-refractivity contribution in [1.82, 2.24) is 0 Å². The Morgan fingerprint density at radius 2 is 1.50 bits per heavy atom. The van der Waals surface area contributed by atoms with Crippen LogP contribution in [-0.4, -0.2) is 24.4 Å². The lowest BCUT2D eigenvalue weighted by atomic mass is 10.0. The average Bonchev–Trinajstić information content (AvgIpc) is 2.74. The summed E-state index contributed by atoms with van der Waals surface area (Å²) in [5, 5.41) is 5.62. The molecule has 0 saturated heterocycles. The maximum absolute atomic E-state index is 12.2. The number of nitrogens with one attached hydrogen (secondary N) is 2. The van der Waals surface area contributed by atoms with Crippen molar-refractivity contribution in [2.75, 3.05) is 17.2 Å². The molecule has 0 saturated carbocycles. The van der Waals surface area contributed by atoms with Crippen molar-refractivity contribution < 1.29 is 19.1 Å². The quantitative estimate of drug-likeness (QED) is 0.481. The molecular formula is C23H27BrN2O4. The fourth-order valence-electron chi connectivity index (χ4n) is 2.95. The highest BCUT2D eigenvalue weighted by molar-refractivity contribution is 9.10. The highest BCUT2D eigenvalue weighted by Crippen LogP contribution is 2.22. The Morgan fingerprint density at radius 1 is 0.867 bits per heavy atom. The number of carbonyl (C=O) groups excluding carboxylic acids is 3. The number of para-hydroxylation sites is 1. The zero-order chi connectivity index (χ0) is 21.9. The Balaban J connectivity index is 1.71. The van der Waals surface area contributed by atoms with Crippen LogP contribution < -0.4 is 10.6 Å². The topological polar surface area (TPSA) is 84.5 Å². The van der Waals surface area contributed by atoms with E-state index in [2.05, 4.69) is 26.6 Å². The summed E-state index contributed by atoms with van der Waals surface area (Å²) >= 11 is 3.33. The van der Waals surface area contributed by atoms with Crippen molar-refractivity contribution in [3.63, 3.8) is 0 Å². The van der Waals surface area contributed by atoms with Gasteiger partial charge in [-0.15, -0.1) is 0 Å². The van der Waals surface area contributed by atoms with E-state index in [-0.39, 0.29) is 31.3 Å². The molecule has 2 aromatic carbocycles. The van der Waals surface area contributed by atoms with E-state index in [9.17, 15) is 14.4 Å². The van der Waals surface area contributed by atoms with Gasteiger partial charge in [0.05, 0.1) is 0 Å². The van der Waals surface area contributed by atoms with Crippen molar-refractivity contribution >= 4 is 45.1 Å². The number of hydrogen-bond acceptors (Lipinski definition) is 4. The number of aryl methyl sites for hydroxylation is 2. The number of hydrogen-bond donors (Lipinski definition) is 2. The zero-order valence-electron chi connectivity index (χ0n) is 17.3. The summed E-state index contributed by atoms with van der Waals surface area (Å²) in [6.45, 7) is 3.71. The van der Waals surface area contributed by atoms with Crippen LogP contribution in [0.4, 0.5) is 11.4 Å². The summed E-state index contributed by atoms with van der Waals surface area (Å²) in [5.41, 5.74) is 3.59. The van der Waals surface area contributed by atoms with E-state index < -0.39 is 5.97 Å². The smallest absolute Gasteiger partial charge is 0.306 e. The Hall–Kier alpha value is -2.67. The van der Waals surface area contributed by atoms with Gasteiger partial charge in [-0.1, -0.05) is 48.0 Å². The molecule has 2 amide bonds. The van der Waals surface area contributed by atoms with Gasteiger partial charge in [0.1, 0.15) is 0 Å². The summed E-state index contributed by atoms with van der Waals surface area (Å²) < 4.78 is 5.98. The lowest BCUT2D eigenvalue weighted by Crippen LogP contribution is -2.22. The summed E-state index contributed by atoms with van der Waals surface area (Å²) in [4.78, 5) is 36.0. The fraction of sp³-hybridized carbons (Fsp3) is 0.348. The van der Waals surface area contributed by atoms with Crippen LogP contribution in [0.3, 0.4) is 0 Å². The van der Waals surface area contributed by atoms with Gasteiger partial charge in [-0.25, -0.2) is 0 Å². The molecule has 0 unspecified atom stereocenters. The van der Waals surface area contributed by atoms with Gasteiger partial charge in [0.15, 0.2) is 6.61 Å². The minimum Gasteiger partial charge on any atom is -0.456 e.